The van der Waals surface area contributed by atoms with Crippen molar-refractivity contribution in [3.8, 4) is 0 Å². The first-order chi connectivity index (χ1) is 9.17. The first-order valence-electron chi connectivity index (χ1n) is 6.50. The van der Waals surface area contributed by atoms with E-state index >= 15 is 0 Å². The molecule has 2 aliphatic rings. The summed E-state index contributed by atoms with van der Waals surface area (Å²) in [4.78, 5) is 25.4. The number of nitrogens with one attached hydrogen (secondary N) is 1. The Labute approximate surface area is 111 Å². The van der Waals surface area contributed by atoms with Gasteiger partial charge in [-0.1, -0.05) is 0 Å². The summed E-state index contributed by atoms with van der Waals surface area (Å²) in [5.74, 6) is 0.154. The number of rotatable bonds is 2. The zero-order valence-electron chi connectivity index (χ0n) is 10.6. The number of hydrogen-bond acceptors (Lipinski definition) is 3. The van der Waals surface area contributed by atoms with Gasteiger partial charge in [0.1, 0.15) is 0 Å². The molecule has 19 heavy (non-hydrogen) atoms. The van der Waals surface area contributed by atoms with Crippen molar-refractivity contribution in [2.24, 2.45) is 5.92 Å². The summed E-state index contributed by atoms with van der Waals surface area (Å²) in [5.41, 5.74) is 2.30. The average molecular weight is 260 g/mol. The van der Waals surface area contributed by atoms with Crippen LogP contribution in [0.2, 0.25) is 0 Å². The van der Waals surface area contributed by atoms with Crippen LogP contribution in [0.3, 0.4) is 0 Å². The molecule has 0 spiro atoms. The van der Waals surface area contributed by atoms with Crippen LogP contribution < -0.4 is 5.32 Å². The number of benzene rings is 1. The maximum Gasteiger partial charge on any atom is 0.253 e. The summed E-state index contributed by atoms with van der Waals surface area (Å²) >= 11 is 0. The second-order valence-corrected chi connectivity index (χ2v) is 5.19. The summed E-state index contributed by atoms with van der Waals surface area (Å²) in [6, 6.07) is 5.33. The lowest BCUT2D eigenvalue weighted by Gasteiger charge is -2.16. The molecule has 1 fully saturated rings. The Morgan fingerprint density at radius 1 is 1.47 bits per heavy atom. The Morgan fingerprint density at radius 3 is 3.05 bits per heavy atom. The van der Waals surface area contributed by atoms with Crippen LogP contribution in [0.4, 0.5) is 5.69 Å². The molecule has 2 N–H and O–H groups in total. The van der Waals surface area contributed by atoms with Crippen molar-refractivity contribution < 1.29 is 14.7 Å². The lowest BCUT2D eigenvalue weighted by Crippen LogP contribution is -2.29. The monoisotopic (exact) mass is 260 g/mol. The number of fused-ring (bicyclic) bond motifs is 1. The van der Waals surface area contributed by atoms with Crippen LogP contribution in [-0.2, 0) is 11.2 Å². The van der Waals surface area contributed by atoms with Crippen molar-refractivity contribution in [2.45, 2.75) is 12.8 Å². The van der Waals surface area contributed by atoms with Crippen LogP contribution in [0.1, 0.15) is 22.3 Å². The third-order valence-electron chi connectivity index (χ3n) is 3.81. The smallest absolute Gasteiger partial charge is 0.253 e. The Morgan fingerprint density at radius 2 is 2.32 bits per heavy atom. The van der Waals surface area contributed by atoms with Crippen LogP contribution >= 0.6 is 0 Å². The number of likely N-dealkylation sites (tertiary alicyclic amines) is 1. The molecule has 0 aromatic heterocycles. The Bertz CT molecular complexity index is 541. The highest BCUT2D eigenvalue weighted by atomic mass is 16.3. The van der Waals surface area contributed by atoms with Gasteiger partial charge in [0, 0.05) is 36.9 Å². The molecule has 1 atom stereocenters. The molecule has 0 saturated carbocycles. The fourth-order valence-electron chi connectivity index (χ4n) is 2.71. The highest BCUT2D eigenvalue weighted by molar-refractivity contribution is 6.01. The van der Waals surface area contributed by atoms with Gasteiger partial charge in [0.05, 0.1) is 6.42 Å². The molecule has 1 aromatic carbocycles. The SMILES string of the molecule is O=C1Cc2cc(C(=O)N3CCC(CO)C3)ccc2N1. The Balaban J connectivity index is 1.78. The van der Waals surface area contributed by atoms with Crippen molar-refractivity contribution >= 4 is 17.5 Å². The summed E-state index contributed by atoms with van der Waals surface area (Å²) in [6.45, 7) is 1.44. The van der Waals surface area contributed by atoms with Crippen molar-refractivity contribution in [1.82, 2.24) is 4.90 Å². The first-order valence-corrected chi connectivity index (χ1v) is 6.50. The van der Waals surface area contributed by atoms with Gasteiger partial charge < -0.3 is 15.3 Å². The molecule has 0 aliphatic carbocycles. The molecule has 0 bridgehead atoms. The fraction of sp³-hybridized carbons (Fsp3) is 0.429. The summed E-state index contributed by atoms with van der Waals surface area (Å²) in [6.07, 6.45) is 1.20. The molecule has 1 unspecified atom stereocenters. The van der Waals surface area contributed by atoms with E-state index in [1.54, 1.807) is 23.1 Å². The lowest BCUT2D eigenvalue weighted by molar-refractivity contribution is -0.115. The first kappa shape index (κ1) is 12.2. The number of carbonyl (C=O) groups excluding carboxylic acids is 2. The molecule has 2 aliphatic heterocycles. The number of amides is 2. The molecule has 1 aromatic rings. The highest BCUT2D eigenvalue weighted by Crippen LogP contribution is 2.25. The maximum absolute atomic E-state index is 12.3. The lowest BCUT2D eigenvalue weighted by atomic mass is 10.1. The van der Waals surface area contributed by atoms with Crippen molar-refractivity contribution in [3.63, 3.8) is 0 Å². The second kappa shape index (κ2) is 4.66. The topological polar surface area (TPSA) is 69.6 Å². The number of aliphatic hydroxyl groups excluding tert-OH is 1. The van der Waals surface area contributed by atoms with Gasteiger partial charge in [-0.3, -0.25) is 9.59 Å². The molecule has 0 radical (unpaired) electrons. The van der Waals surface area contributed by atoms with Gasteiger partial charge in [-0.05, 0) is 30.2 Å². The van der Waals surface area contributed by atoms with Crippen LogP contribution in [0.15, 0.2) is 18.2 Å². The molecule has 3 rings (SSSR count). The molecule has 1 saturated heterocycles. The predicted octanol–water partition coefficient (Wildman–Crippen LogP) is 0.636. The van der Waals surface area contributed by atoms with Crippen molar-refractivity contribution in [2.75, 3.05) is 25.0 Å². The average Bonchev–Trinajstić information content (AvgIpc) is 3.01. The normalized spacial score (nSPS) is 21.4. The zero-order chi connectivity index (χ0) is 13.4. The third kappa shape index (κ3) is 2.21. The third-order valence-corrected chi connectivity index (χ3v) is 3.81. The molecular weight excluding hydrogens is 244 g/mol. The number of aliphatic hydroxyl groups is 1. The number of carbonyl (C=O) groups is 2. The Hall–Kier alpha value is -1.88. The van der Waals surface area contributed by atoms with Gasteiger partial charge in [-0.25, -0.2) is 0 Å². The number of nitrogens with zero attached hydrogens (tertiary/aromatic N) is 1. The molecule has 5 heteroatoms. The standard InChI is InChI=1S/C14H16N2O3/c17-8-9-3-4-16(7-9)14(19)10-1-2-12-11(5-10)6-13(18)15-12/h1-2,5,9,17H,3-4,6-8H2,(H,15,18). The summed E-state index contributed by atoms with van der Waals surface area (Å²) in [7, 11) is 0. The minimum Gasteiger partial charge on any atom is -0.396 e. The highest BCUT2D eigenvalue weighted by Gasteiger charge is 2.27. The van der Waals surface area contributed by atoms with E-state index in [0.29, 0.717) is 25.1 Å². The largest absolute Gasteiger partial charge is 0.396 e. The van der Waals surface area contributed by atoms with E-state index in [4.69, 9.17) is 5.11 Å². The minimum atomic E-state index is -0.0267. The summed E-state index contributed by atoms with van der Waals surface area (Å²) in [5, 5.41) is 11.9. The van der Waals surface area contributed by atoms with E-state index in [9.17, 15) is 9.59 Å². The van der Waals surface area contributed by atoms with E-state index in [1.165, 1.54) is 0 Å². The maximum atomic E-state index is 12.3. The quantitative estimate of drug-likeness (QED) is 0.819. The molecule has 5 nitrogen and oxygen atoms in total. The van der Waals surface area contributed by atoms with Crippen LogP contribution in [0.25, 0.3) is 0 Å². The van der Waals surface area contributed by atoms with Crippen molar-refractivity contribution in [3.05, 3.63) is 29.3 Å². The van der Waals surface area contributed by atoms with Gasteiger partial charge in [-0.2, -0.15) is 0 Å². The van der Waals surface area contributed by atoms with Gasteiger partial charge in [-0.15, -0.1) is 0 Å². The predicted molar refractivity (Wildman–Crippen MR) is 69.9 cm³/mol. The van der Waals surface area contributed by atoms with E-state index in [2.05, 4.69) is 5.32 Å². The minimum absolute atomic E-state index is 0.0156. The van der Waals surface area contributed by atoms with E-state index < -0.39 is 0 Å². The van der Waals surface area contributed by atoms with Crippen molar-refractivity contribution in [1.29, 1.82) is 0 Å². The molecular formula is C14H16N2O3. The zero-order valence-corrected chi connectivity index (χ0v) is 10.6. The van der Waals surface area contributed by atoms with Gasteiger partial charge >= 0.3 is 0 Å². The van der Waals surface area contributed by atoms with Crippen LogP contribution in [-0.4, -0.2) is 41.5 Å². The molecule has 2 amide bonds. The van der Waals surface area contributed by atoms with E-state index in [0.717, 1.165) is 17.7 Å². The fourth-order valence-corrected chi connectivity index (χ4v) is 2.71. The van der Waals surface area contributed by atoms with E-state index in [1.807, 2.05) is 0 Å². The second-order valence-electron chi connectivity index (χ2n) is 5.19. The molecule has 100 valence electrons. The van der Waals surface area contributed by atoms with Gasteiger partial charge in [0.25, 0.3) is 5.91 Å². The van der Waals surface area contributed by atoms with Crippen LogP contribution in [0, 0.1) is 5.92 Å². The van der Waals surface area contributed by atoms with Crippen LogP contribution in [0.5, 0.6) is 0 Å². The van der Waals surface area contributed by atoms with Gasteiger partial charge in [0.15, 0.2) is 0 Å². The molecule has 2 heterocycles. The Kier molecular flexibility index (Phi) is 2.98. The number of anilines is 1. The van der Waals surface area contributed by atoms with Gasteiger partial charge in [0.2, 0.25) is 5.91 Å². The van der Waals surface area contributed by atoms with E-state index in [-0.39, 0.29) is 24.3 Å². The summed E-state index contributed by atoms with van der Waals surface area (Å²) < 4.78 is 0. The number of hydrogen-bond donors (Lipinski definition) is 2.